The second-order valence-electron chi connectivity index (χ2n) is 4.90. The van der Waals surface area contributed by atoms with E-state index < -0.39 is 0 Å². The van der Waals surface area contributed by atoms with Crippen LogP contribution >= 0.6 is 0 Å². The Morgan fingerprint density at radius 1 is 1.14 bits per heavy atom. The van der Waals surface area contributed by atoms with Gasteiger partial charge < -0.3 is 10.1 Å². The molecule has 0 spiro atoms. The van der Waals surface area contributed by atoms with E-state index in [0.717, 1.165) is 25.1 Å². The molecule has 0 aromatic carbocycles. The van der Waals surface area contributed by atoms with E-state index in [-0.39, 0.29) is 0 Å². The summed E-state index contributed by atoms with van der Waals surface area (Å²) in [5.74, 6) is 0.782. The number of nitrogens with one attached hydrogen (secondary N) is 1. The lowest BCUT2D eigenvalue weighted by Gasteiger charge is -2.28. The van der Waals surface area contributed by atoms with Crippen molar-refractivity contribution in [2.75, 3.05) is 13.2 Å². The minimum Gasteiger partial charge on any atom is -0.377 e. The van der Waals surface area contributed by atoms with Crippen LogP contribution in [0.25, 0.3) is 0 Å². The molecule has 2 saturated carbocycles. The van der Waals surface area contributed by atoms with Crippen LogP contribution in [-0.2, 0) is 4.74 Å². The molecule has 0 aromatic rings. The normalized spacial score (nSPS) is 33.2. The molecule has 0 bridgehead atoms. The second kappa shape index (κ2) is 5.13. The van der Waals surface area contributed by atoms with Gasteiger partial charge in [-0.15, -0.1) is 0 Å². The summed E-state index contributed by atoms with van der Waals surface area (Å²) in [6.07, 6.45) is 8.71. The van der Waals surface area contributed by atoms with E-state index in [0.29, 0.717) is 6.10 Å². The molecule has 14 heavy (non-hydrogen) atoms. The zero-order valence-electron chi connectivity index (χ0n) is 9.30. The van der Waals surface area contributed by atoms with Crippen molar-refractivity contribution in [1.82, 2.24) is 5.32 Å². The first-order valence-electron chi connectivity index (χ1n) is 6.21. The minimum atomic E-state index is 0.546. The van der Waals surface area contributed by atoms with Gasteiger partial charge in [-0.1, -0.05) is 19.8 Å². The van der Waals surface area contributed by atoms with Gasteiger partial charge in [-0.25, -0.2) is 0 Å². The van der Waals surface area contributed by atoms with E-state index >= 15 is 0 Å². The van der Waals surface area contributed by atoms with Crippen molar-refractivity contribution in [3.8, 4) is 0 Å². The number of hydrogen-bond donors (Lipinski definition) is 1. The molecule has 82 valence electrons. The zero-order valence-corrected chi connectivity index (χ0v) is 9.30. The molecule has 0 aromatic heterocycles. The van der Waals surface area contributed by atoms with Crippen molar-refractivity contribution >= 4 is 0 Å². The first-order chi connectivity index (χ1) is 6.86. The Bertz CT molecular complexity index is 168. The molecule has 0 saturated heterocycles. The Hall–Kier alpha value is -0.0800. The van der Waals surface area contributed by atoms with Crippen molar-refractivity contribution in [2.24, 2.45) is 5.92 Å². The zero-order chi connectivity index (χ0) is 9.80. The summed E-state index contributed by atoms with van der Waals surface area (Å²) in [5, 5.41) is 3.49. The quantitative estimate of drug-likeness (QED) is 0.683. The number of rotatable bonds is 5. The third-order valence-corrected chi connectivity index (χ3v) is 3.48. The Labute approximate surface area is 87.4 Å². The maximum atomic E-state index is 5.91. The first kappa shape index (κ1) is 10.4. The molecule has 2 fully saturated rings. The maximum absolute atomic E-state index is 5.91. The average molecular weight is 197 g/mol. The van der Waals surface area contributed by atoms with Crippen LogP contribution < -0.4 is 5.32 Å². The molecule has 2 aliphatic rings. The van der Waals surface area contributed by atoms with Crippen molar-refractivity contribution in [1.29, 1.82) is 0 Å². The summed E-state index contributed by atoms with van der Waals surface area (Å²) in [7, 11) is 0. The molecular weight excluding hydrogens is 174 g/mol. The summed E-state index contributed by atoms with van der Waals surface area (Å²) < 4.78 is 5.91. The van der Waals surface area contributed by atoms with Gasteiger partial charge in [0, 0.05) is 12.6 Å². The molecule has 2 heteroatoms. The van der Waals surface area contributed by atoms with E-state index in [2.05, 4.69) is 12.2 Å². The molecule has 2 nitrogen and oxygen atoms in total. The van der Waals surface area contributed by atoms with Crippen molar-refractivity contribution in [3.05, 3.63) is 0 Å². The number of hydrogen-bond acceptors (Lipinski definition) is 2. The standard InChI is InChI=1S/C12H23NO/c1-10-4-2-3-5-12(10)14-9-8-13-11-6-7-11/h10-13H,2-9H2,1H3. The van der Waals surface area contributed by atoms with Crippen LogP contribution in [0.15, 0.2) is 0 Å². The van der Waals surface area contributed by atoms with E-state index in [1.807, 2.05) is 0 Å². The van der Waals surface area contributed by atoms with Gasteiger partial charge in [-0.3, -0.25) is 0 Å². The molecule has 1 N–H and O–H groups in total. The molecule has 0 amide bonds. The summed E-state index contributed by atoms with van der Waals surface area (Å²) in [6, 6.07) is 0.822. The van der Waals surface area contributed by atoms with Gasteiger partial charge in [0.2, 0.25) is 0 Å². The van der Waals surface area contributed by atoms with Gasteiger partial charge in [0.05, 0.1) is 12.7 Å². The highest BCUT2D eigenvalue weighted by Gasteiger charge is 2.22. The Morgan fingerprint density at radius 3 is 2.64 bits per heavy atom. The smallest absolute Gasteiger partial charge is 0.0601 e. The van der Waals surface area contributed by atoms with Gasteiger partial charge in [0.25, 0.3) is 0 Å². The van der Waals surface area contributed by atoms with Crippen molar-refractivity contribution in [3.63, 3.8) is 0 Å². The Morgan fingerprint density at radius 2 is 1.93 bits per heavy atom. The van der Waals surface area contributed by atoms with E-state index in [4.69, 9.17) is 4.74 Å². The predicted molar refractivity (Wildman–Crippen MR) is 58.4 cm³/mol. The van der Waals surface area contributed by atoms with Crippen LogP contribution in [0, 0.1) is 5.92 Å². The molecule has 2 unspecified atom stereocenters. The van der Waals surface area contributed by atoms with Crippen LogP contribution in [-0.4, -0.2) is 25.3 Å². The Kier molecular flexibility index (Phi) is 3.82. The highest BCUT2D eigenvalue weighted by Crippen LogP contribution is 2.26. The van der Waals surface area contributed by atoms with Crippen LogP contribution in [0.4, 0.5) is 0 Å². The van der Waals surface area contributed by atoms with Gasteiger partial charge in [-0.2, -0.15) is 0 Å². The number of ether oxygens (including phenoxy) is 1. The topological polar surface area (TPSA) is 21.3 Å². The summed E-state index contributed by atoms with van der Waals surface area (Å²) in [6.45, 7) is 4.29. The fraction of sp³-hybridized carbons (Fsp3) is 1.00. The largest absolute Gasteiger partial charge is 0.377 e. The van der Waals surface area contributed by atoms with Gasteiger partial charge in [0.1, 0.15) is 0 Å². The van der Waals surface area contributed by atoms with Crippen LogP contribution in [0.5, 0.6) is 0 Å². The van der Waals surface area contributed by atoms with Gasteiger partial charge in [0.15, 0.2) is 0 Å². The summed E-state index contributed by atoms with van der Waals surface area (Å²) in [5.41, 5.74) is 0. The van der Waals surface area contributed by atoms with E-state index in [9.17, 15) is 0 Å². The molecular formula is C12H23NO. The lowest BCUT2D eigenvalue weighted by molar-refractivity contribution is -0.00323. The predicted octanol–water partition coefficient (Wildman–Crippen LogP) is 2.33. The van der Waals surface area contributed by atoms with Crippen molar-refractivity contribution < 1.29 is 4.74 Å². The first-order valence-corrected chi connectivity index (χ1v) is 6.21. The van der Waals surface area contributed by atoms with Gasteiger partial charge in [-0.05, 0) is 31.6 Å². The van der Waals surface area contributed by atoms with Crippen molar-refractivity contribution in [2.45, 2.75) is 57.6 Å². The monoisotopic (exact) mass is 197 g/mol. The molecule has 2 atom stereocenters. The molecule has 0 radical (unpaired) electrons. The third kappa shape index (κ3) is 3.25. The molecule has 2 aliphatic carbocycles. The Balaban J connectivity index is 1.53. The van der Waals surface area contributed by atoms with Crippen LogP contribution in [0.2, 0.25) is 0 Å². The van der Waals surface area contributed by atoms with E-state index in [1.54, 1.807) is 0 Å². The third-order valence-electron chi connectivity index (χ3n) is 3.48. The summed E-state index contributed by atoms with van der Waals surface area (Å²) in [4.78, 5) is 0. The second-order valence-corrected chi connectivity index (χ2v) is 4.90. The average Bonchev–Trinajstić information content (AvgIpc) is 2.99. The lowest BCUT2D eigenvalue weighted by atomic mass is 9.88. The fourth-order valence-corrected chi connectivity index (χ4v) is 2.29. The van der Waals surface area contributed by atoms with Gasteiger partial charge >= 0.3 is 0 Å². The van der Waals surface area contributed by atoms with Crippen LogP contribution in [0.3, 0.4) is 0 Å². The maximum Gasteiger partial charge on any atom is 0.0601 e. The van der Waals surface area contributed by atoms with Crippen LogP contribution in [0.1, 0.15) is 45.4 Å². The molecule has 0 aliphatic heterocycles. The lowest BCUT2D eigenvalue weighted by Crippen LogP contribution is -2.29. The fourth-order valence-electron chi connectivity index (χ4n) is 2.29. The summed E-state index contributed by atoms with van der Waals surface area (Å²) >= 11 is 0. The van der Waals surface area contributed by atoms with E-state index in [1.165, 1.54) is 38.5 Å². The minimum absolute atomic E-state index is 0.546. The SMILES string of the molecule is CC1CCCCC1OCCNC1CC1. The molecule has 2 rings (SSSR count). The molecule has 0 heterocycles. The highest BCUT2D eigenvalue weighted by atomic mass is 16.5. The highest BCUT2D eigenvalue weighted by molar-refractivity contribution is 4.80.